The third kappa shape index (κ3) is 3.26. The van der Waals surface area contributed by atoms with Gasteiger partial charge in [0.15, 0.2) is 5.16 Å². The van der Waals surface area contributed by atoms with Crippen molar-refractivity contribution < 1.29 is 4.92 Å². The molecule has 0 aliphatic carbocycles. The molecule has 5 N–H and O–H groups in total. The van der Waals surface area contributed by atoms with Gasteiger partial charge in [0, 0.05) is 17.9 Å². The van der Waals surface area contributed by atoms with Crippen LogP contribution in [0.25, 0.3) is 0 Å². The van der Waals surface area contributed by atoms with E-state index in [9.17, 15) is 14.9 Å². The van der Waals surface area contributed by atoms with Crippen molar-refractivity contribution in [2.24, 2.45) is 0 Å². The summed E-state index contributed by atoms with van der Waals surface area (Å²) in [4.78, 5) is 27.8. The number of thioether (sulfide) groups is 1. The molecule has 104 valence electrons. The van der Waals surface area contributed by atoms with Crippen molar-refractivity contribution in [3.63, 3.8) is 0 Å². The average molecular weight is 293 g/mol. The number of nitrogens with one attached hydrogen (secondary N) is 1. The maximum absolute atomic E-state index is 11.2. The first-order valence-electron chi connectivity index (χ1n) is 5.48. The lowest BCUT2D eigenvalue weighted by Crippen LogP contribution is -2.09. The summed E-state index contributed by atoms with van der Waals surface area (Å²) >= 11 is 1.25. The van der Waals surface area contributed by atoms with Crippen LogP contribution in [0.3, 0.4) is 0 Å². The van der Waals surface area contributed by atoms with Gasteiger partial charge >= 0.3 is 0 Å². The van der Waals surface area contributed by atoms with E-state index in [1.54, 1.807) is 6.07 Å². The summed E-state index contributed by atoms with van der Waals surface area (Å²) in [6.45, 7) is 0. The monoisotopic (exact) mass is 293 g/mol. The molecule has 1 heterocycles. The molecule has 0 amide bonds. The molecule has 2 rings (SSSR count). The van der Waals surface area contributed by atoms with Gasteiger partial charge in [-0.2, -0.15) is 0 Å². The highest BCUT2D eigenvalue weighted by molar-refractivity contribution is 7.98. The molecule has 8 nitrogen and oxygen atoms in total. The Balaban J connectivity index is 2.13. The molecule has 9 heteroatoms. The van der Waals surface area contributed by atoms with Gasteiger partial charge in [-0.15, -0.1) is 0 Å². The maximum atomic E-state index is 11.2. The fourth-order valence-electron chi connectivity index (χ4n) is 1.53. The Bertz CT molecular complexity index is 715. The van der Waals surface area contributed by atoms with Crippen LogP contribution in [0.1, 0.15) is 5.56 Å². The molecular formula is C11H11N5O3S. The van der Waals surface area contributed by atoms with Gasteiger partial charge in [-0.1, -0.05) is 17.8 Å². The Hall–Kier alpha value is -2.55. The second-order valence-corrected chi connectivity index (χ2v) is 4.88. The van der Waals surface area contributed by atoms with Gasteiger partial charge in [-0.25, -0.2) is 4.98 Å². The zero-order valence-electron chi connectivity index (χ0n) is 10.2. The third-order valence-corrected chi connectivity index (χ3v) is 3.35. The predicted octanol–water partition coefficient (Wildman–Crippen LogP) is 1.13. The van der Waals surface area contributed by atoms with Crippen molar-refractivity contribution in [2.45, 2.75) is 10.9 Å². The first kappa shape index (κ1) is 13.9. The van der Waals surface area contributed by atoms with Crippen LogP contribution in [-0.2, 0) is 5.75 Å². The number of anilines is 2. The Morgan fingerprint density at radius 2 is 2.10 bits per heavy atom. The number of hydrogen-bond donors (Lipinski definition) is 3. The molecule has 0 aliphatic rings. The second-order valence-electron chi connectivity index (χ2n) is 3.91. The van der Waals surface area contributed by atoms with Crippen LogP contribution in [0.15, 0.2) is 34.2 Å². The Morgan fingerprint density at radius 3 is 2.70 bits per heavy atom. The van der Waals surface area contributed by atoms with E-state index in [-0.39, 0.29) is 22.8 Å². The van der Waals surface area contributed by atoms with E-state index in [4.69, 9.17) is 11.5 Å². The number of nitro benzene ring substituents is 1. The molecule has 0 atom stereocenters. The molecule has 1 aromatic carbocycles. The number of H-pyrrole nitrogens is 1. The number of nitrogen functional groups attached to an aromatic ring is 2. The van der Waals surface area contributed by atoms with E-state index in [1.165, 1.54) is 30.0 Å². The summed E-state index contributed by atoms with van der Waals surface area (Å²) in [7, 11) is 0. The zero-order valence-corrected chi connectivity index (χ0v) is 11.0. The third-order valence-electron chi connectivity index (χ3n) is 2.40. The number of nitrogens with two attached hydrogens (primary N) is 2. The first-order valence-corrected chi connectivity index (χ1v) is 6.46. The van der Waals surface area contributed by atoms with Crippen LogP contribution in [0.5, 0.6) is 0 Å². The number of nitrogens with zero attached hydrogens (tertiary/aromatic N) is 2. The van der Waals surface area contributed by atoms with Crippen LogP contribution in [0, 0.1) is 10.1 Å². The molecule has 0 saturated heterocycles. The highest BCUT2D eigenvalue weighted by atomic mass is 32.2. The average Bonchev–Trinajstić information content (AvgIpc) is 2.35. The minimum absolute atomic E-state index is 0.0992. The van der Waals surface area contributed by atoms with Gasteiger partial charge in [0.05, 0.1) is 4.92 Å². The van der Waals surface area contributed by atoms with E-state index in [0.29, 0.717) is 10.9 Å². The summed E-state index contributed by atoms with van der Waals surface area (Å²) < 4.78 is 0. The summed E-state index contributed by atoms with van der Waals surface area (Å²) in [5, 5.41) is 11.0. The number of aromatic nitrogens is 2. The summed E-state index contributed by atoms with van der Waals surface area (Å²) in [5.41, 5.74) is 11.5. The van der Waals surface area contributed by atoms with Gasteiger partial charge in [0.2, 0.25) is 0 Å². The number of aromatic amines is 1. The molecule has 0 radical (unpaired) electrons. The molecule has 1 aromatic heterocycles. The summed E-state index contributed by atoms with van der Waals surface area (Å²) in [6.07, 6.45) is 0. The zero-order chi connectivity index (χ0) is 14.7. The summed E-state index contributed by atoms with van der Waals surface area (Å²) in [5.74, 6) is 0.591. The first-order chi connectivity index (χ1) is 9.45. The van der Waals surface area contributed by atoms with Crippen molar-refractivity contribution >= 4 is 29.0 Å². The van der Waals surface area contributed by atoms with E-state index < -0.39 is 4.92 Å². The topological polar surface area (TPSA) is 141 Å². The molecule has 0 unspecified atom stereocenters. The largest absolute Gasteiger partial charge is 0.393 e. The Kier molecular flexibility index (Phi) is 3.89. The van der Waals surface area contributed by atoms with Crippen molar-refractivity contribution in [3.05, 3.63) is 50.3 Å². The number of benzene rings is 1. The highest BCUT2D eigenvalue weighted by Crippen LogP contribution is 2.25. The van der Waals surface area contributed by atoms with Gasteiger partial charge in [0.25, 0.3) is 11.2 Å². The fraction of sp³-hybridized carbons (Fsp3) is 0.0909. The minimum atomic E-state index is -0.539. The van der Waals surface area contributed by atoms with Gasteiger partial charge in [-0.3, -0.25) is 14.9 Å². The molecule has 0 fully saturated rings. The van der Waals surface area contributed by atoms with Crippen LogP contribution in [-0.4, -0.2) is 14.9 Å². The maximum Gasteiger partial charge on any atom is 0.292 e. The lowest BCUT2D eigenvalue weighted by atomic mass is 10.2. The van der Waals surface area contributed by atoms with Crippen LogP contribution < -0.4 is 17.0 Å². The number of hydrogen-bond acceptors (Lipinski definition) is 7. The second kappa shape index (κ2) is 5.61. The highest BCUT2D eigenvalue weighted by Gasteiger charge is 2.11. The number of nitro groups is 1. The van der Waals surface area contributed by atoms with Crippen molar-refractivity contribution in [1.29, 1.82) is 0 Å². The van der Waals surface area contributed by atoms with Crippen molar-refractivity contribution in [1.82, 2.24) is 9.97 Å². The van der Waals surface area contributed by atoms with Gasteiger partial charge < -0.3 is 16.5 Å². The smallest absolute Gasteiger partial charge is 0.292 e. The van der Waals surface area contributed by atoms with E-state index in [1.807, 2.05) is 0 Å². The molecule has 20 heavy (non-hydrogen) atoms. The number of rotatable bonds is 4. The van der Waals surface area contributed by atoms with Crippen LogP contribution in [0.2, 0.25) is 0 Å². The van der Waals surface area contributed by atoms with Crippen molar-refractivity contribution in [3.8, 4) is 0 Å². The van der Waals surface area contributed by atoms with Crippen molar-refractivity contribution in [2.75, 3.05) is 11.5 Å². The molecular weight excluding hydrogens is 282 g/mol. The quantitative estimate of drug-likeness (QED) is 0.252. The molecule has 2 aromatic rings. The van der Waals surface area contributed by atoms with E-state index in [2.05, 4.69) is 9.97 Å². The summed E-state index contributed by atoms with van der Waals surface area (Å²) in [6, 6.07) is 5.66. The SMILES string of the molecule is Nc1cc(=O)[nH]c(SCc2ccc([N+](=O)[O-])c(N)c2)n1. The van der Waals surface area contributed by atoms with Gasteiger partial charge in [-0.05, 0) is 11.6 Å². The Labute approximate surface area is 117 Å². The van der Waals surface area contributed by atoms with E-state index >= 15 is 0 Å². The van der Waals surface area contributed by atoms with E-state index in [0.717, 1.165) is 5.56 Å². The molecule has 0 aliphatic heterocycles. The minimum Gasteiger partial charge on any atom is -0.393 e. The molecule has 0 saturated carbocycles. The van der Waals surface area contributed by atoms with Gasteiger partial charge in [0.1, 0.15) is 11.5 Å². The molecule has 0 spiro atoms. The lowest BCUT2D eigenvalue weighted by molar-refractivity contribution is -0.383. The molecule has 0 bridgehead atoms. The normalized spacial score (nSPS) is 10.4. The lowest BCUT2D eigenvalue weighted by Gasteiger charge is -2.03. The fourth-order valence-corrected chi connectivity index (χ4v) is 2.36. The van der Waals surface area contributed by atoms with Crippen LogP contribution >= 0.6 is 11.8 Å². The predicted molar refractivity (Wildman–Crippen MR) is 76.3 cm³/mol. The standard InChI is InChI=1S/C11H11N5O3S/c12-7-3-6(1-2-8(7)16(18)19)5-20-11-14-9(13)4-10(17)15-11/h1-4H,5,12H2,(H3,13,14,15,17). The van der Waals surface area contributed by atoms with Crippen LogP contribution in [0.4, 0.5) is 17.2 Å². The Morgan fingerprint density at radius 1 is 1.35 bits per heavy atom.